The van der Waals surface area contributed by atoms with Crippen molar-refractivity contribution in [3.05, 3.63) is 50.7 Å². The number of hydrogen-bond donors (Lipinski definition) is 3. The Labute approximate surface area is 210 Å². The van der Waals surface area contributed by atoms with Crippen LogP contribution in [-0.2, 0) is 19.2 Å². The van der Waals surface area contributed by atoms with Gasteiger partial charge in [-0.3, -0.25) is 14.5 Å². The summed E-state index contributed by atoms with van der Waals surface area (Å²) in [6.45, 7) is 1.65. The Morgan fingerprint density at radius 3 is 2.83 bits per heavy atom. The van der Waals surface area contributed by atoms with Gasteiger partial charge in [0.15, 0.2) is 10.8 Å². The molecular weight excluding hydrogens is 518 g/mol. The van der Waals surface area contributed by atoms with Crippen molar-refractivity contribution in [2.45, 2.75) is 23.2 Å². The molecule has 0 radical (unpaired) electrons. The Balaban J connectivity index is 1.50. The minimum Gasteiger partial charge on any atom is -0.477 e. The highest BCUT2D eigenvalue weighted by atomic mass is 32.2. The monoisotopic (exact) mass is 537 g/mol. The van der Waals surface area contributed by atoms with Crippen LogP contribution in [0.2, 0.25) is 0 Å². The minimum atomic E-state index is -1.24. The summed E-state index contributed by atoms with van der Waals surface area (Å²) >= 11 is 3.73. The molecule has 2 amide bonds. The first kappa shape index (κ1) is 24.8. The van der Waals surface area contributed by atoms with Gasteiger partial charge in [0.05, 0.1) is 0 Å². The SMILES string of the molecule is CO/N=C(\C(=O)N[C@@H]1C(=O)N2C(C(=O)O)=C(CSc3cc(C)oc(=O)c3)CS[C@H]12)c1csc(N)n1. The molecule has 1 saturated heterocycles. The quantitative estimate of drug-likeness (QED) is 0.188. The van der Waals surface area contributed by atoms with Gasteiger partial charge in [0.1, 0.15) is 35.7 Å². The van der Waals surface area contributed by atoms with E-state index in [1.165, 1.54) is 47.0 Å². The number of carboxylic acids is 1. The summed E-state index contributed by atoms with van der Waals surface area (Å²) in [6.07, 6.45) is 0. The third-order valence-corrected chi connectivity index (χ3v) is 8.05. The van der Waals surface area contributed by atoms with Crippen molar-refractivity contribution in [1.29, 1.82) is 0 Å². The van der Waals surface area contributed by atoms with Gasteiger partial charge in [-0.1, -0.05) is 5.16 Å². The number of rotatable bonds is 8. The zero-order valence-corrected chi connectivity index (χ0v) is 20.8. The average molecular weight is 538 g/mol. The number of nitrogens with one attached hydrogen (secondary N) is 1. The number of anilines is 1. The van der Waals surface area contributed by atoms with E-state index in [9.17, 15) is 24.3 Å². The van der Waals surface area contributed by atoms with Gasteiger partial charge in [0.2, 0.25) is 0 Å². The fraction of sp³-hybridized carbons (Fsp3) is 0.300. The van der Waals surface area contributed by atoms with Crippen LogP contribution in [0, 0.1) is 6.92 Å². The summed E-state index contributed by atoms with van der Waals surface area (Å²) in [5.41, 5.74) is 5.60. The summed E-state index contributed by atoms with van der Waals surface area (Å²) in [5, 5.41) is 17.3. The zero-order valence-electron chi connectivity index (χ0n) is 18.3. The molecular formula is C20H19N5O7S3. The Kier molecular flexibility index (Phi) is 7.18. The Morgan fingerprint density at radius 2 is 2.20 bits per heavy atom. The van der Waals surface area contributed by atoms with Crippen molar-refractivity contribution in [2.75, 3.05) is 24.3 Å². The maximum Gasteiger partial charge on any atom is 0.352 e. The van der Waals surface area contributed by atoms with Crippen LogP contribution in [0.1, 0.15) is 11.5 Å². The summed E-state index contributed by atoms with van der Waals surface area (Å²) in [4.78, 5) is 59.9. The minimum absolute atomic E-state index is 0.116. The predicted octanol–water partition coefficient (Wildman–Crippen LogP) is 0.868. The van der Waals surface area contributed by atoms with Crippen molar-refractivity contribution < 1.29 is 28.7 Å². The maximum absolute atomic E-state index is 12.9. The van der Waals surface area contributed by atoms with E-state index < -0.39 is 34.8 Å². The number of amides is 2. The number of carbonyl (C=O) groups excluding carboxylic acids is 2. The molecule has 2 aliphatic heterocycles. The molecule has 1 fully saturated rings. The molecule has 0 aliphatic carbocycles. The number of oxime groups is 1. The van der Waals surface area contributed by atoms with E-state index in [1.807, 2.05) is 0 Å². The molecule has 0 bridgehead atoms. The largest absolute Gasteiger partial charge is 0.477 e. The molecule has 0 spiro atoms. The molecule has 184 valence electrons. The molecule has 2 aromatic heterocycles. The van der Waals surface area contributed by atoms with Gasteiger partial charge in [0.25, 0.3) is 11.8 Å². The standard InChI is InChI=1S/C20H19N5O7S3/c1-8-3-10(4-12(26)32-8)33-5-9-6-34-18-14(17(28)25(18)15(9)19(29)30)23-16(27)13(24-31-2)11-7-35-20(21)22-11/h3-4,7,14,18H,5-6H2,1-2H3,(H2,21,22)(H,23,27)(H,29,30)/b24-13-/t14-,18-/m1/s1. The molecule has 4 rings (SSSR count). The predicted molar refractivity (Wildman–Crippen MR) is 130 cm³/mol. The number of fused-ring (bicyclic) bond motifs is 1. The van der Waals surface area contributed by atoms with Crippen molar-refractivity contribution in [3.63, 3.8) is 0 Å². The summed E-state index contributed by atoms with van der Waals surface area (Å²) in [5.74, 6) is -1.46. The zero-order chi connectivity index (χ0) is 25.3. The number of carbonyl (C=O) groups is 3. The lowest BCUT2D eigenvalue weighted by atomic mass is 10.0. The topological polar surface area (TPSA) is 177 Å². The van der Waals surface area contributed by atoms with E-state index in [0.717, 1.165) is 11.3 Å². The van der Waals surface area contributed by atoms with E-state index >= 15 is 0 Å². The number of carboxylic acid groups (broad SMARTS) is 1. The van der Waals surface area contributed by atoms with Crippen LogP contribution in [-0.4, -0.2) is 68.5 Å². The van der Waals surface area contributed by atoms with E-state index in [0.29, 0.717) is 22.0 Å². The molecule has 0 saturated carbocycles. The average Bonchev–Trinajstić information content (AvgIpc) is 3.23. The van der Waals surface area contributed by atoms with Crippen LogP contribution in [0.3, 0.4) is 0 Å². The fourth-order valence-electron chi connectivity index (χ4n) is 3.53. The second-order valence-corrected chi connectivity index (χ2v) is 10.4. The van der Waals surface area contributed by atoms with Gasteiger partial charge < -0.3 is 25.4 Å². The number of nitrogens with zero attached hydrogens (tertiary/aromatic N) is 3. The smallest absolute Gasteiger partial charge is 0.352 e. The van der Waals surface area contributed by atoms with Gasteiger partial charge in [-0.15, -0.1) is 34.9 Å². The van der Waals surface area contributed by atoms with Gasteiger partial charge in [-0.25, -0.2) is 14.6 Å². The third-order valence-electron chi connectivity index (χ3n) is 4.98. The Morgan fingerprint density at radius 1 is 1.43 bits per heavy atom. The first-order chi connectivity index (χ1) is 16.7. The molecule has 15 heteroatoms. The van der Waals surface area contributed by atoms with E-state index in [1.54, 1.807) is 13.0 Å². The second-order valence-electron chi connectivity index (χ2n) is 7.32. The molecule has 0 aromatic carbocycles. The van der Waals surface area contributed by atoms with E-state index in [2.05, 4.69) is 15.5 Å². The van der Waals surface area contributed by atoms with Crippen LogP contribution in [0.15, 0.2) is 48.0 Å². The van der Waals surface area contributed by atoms with E-state index in [4.69, 9.17) is 15.0 Å². The molecule has 35 heavy (non-hydrogen) atoms. The maximum atomic E-state index is 12.9. The first-order valence-corrected chi connectivity index (χ1v) is 12.9. The Hall–Kier alpha value is -3.30. The third kappa shape index (κ3) is 5.06. The van der Waals surface area contributed by atoms with Gasteiger partial charge in [-0.05, 0) is 18.6 Å². The molecule has 4 heterocycles. The van der Waals surface area contributed by atoms with Crippen LogP contribution in [0.25, 0.3) is 0 Å². The van der Waals surface area contributed by atoms with Gasteiger partial charge >= 0.3 is 11.6 Å². The van der Waals surface area contributed by atoms with Gasteiger partial charge in [-0.2, -0.15) is 0 Å². The van der Waals surface area contributed by atoms with Crippen molar-refractivity contribution >= 4 is 63.5 Å². The number of aromatic nitrogens is 1. The molecule has 2 atom stereocenters. The van der Waals surface area contributed by atoms with Crippen molar-refractivity contribution in [3.8, 4) is 0 Å². The van der Waals surface area contributed by atoms with Gasteiger partial charge in [0, 0.05) is 27.8 Å². The number of thiazole rings is 1. The summed E-state index contributed by atoms with van der Waals surface area (Å²) in [7, 11) is 1.27. The first-order valence-electron chi connectivity index (χ1n) is 9.97. The number of thioether (sulfide) groups is 2. The molecule has 12 nitrogen and oxygen atoms in total. The van der Waals surface area contributed by atoms with Crippen LogP contribution in [0.4, 0.5) is 5.13 Å². The second kappa shape index (κ2) is 10.1. The number of aryl methyl sites for hydroxylation is 1. The summed E-state index contributed by atoms with van der Waals surface area (Å²) < 4.78 is 4.94. The highest BCUT2D eigenvalue weighted by Gasteiger charge is 2.54. The van der Waals surface area contributed by atoms with Crippen molar-refractivity contribution in [1.82, 2.24) is 15.2 Å². The number of aliphatic carboxylic acids is 1. The molecule has 4 N–H and O–H groups in total. The lowest BCUT2D eigenvalue weighted by Crippen LogP contribution is -2.71. The Bertz CT molecular complexity index is 1320. The molecule has 0 unspecified atom stereocenters. The van der Waals surface area contributed by atoms with Crippen LogP contribution in [0.5, 0.6) is 0 Å². The fourth-order valence-corrected chi connectivity index (χ4v) is 6.56. The lowest BCUT2D eigenvalue weighted by molar-refractivity contribution is -0.150. The van der Waals surface area contributed by atoms with E-state index in [-0.39, 0.29) is 28.0 Å². The van der Waals surface area contributed by atoms with Crippen molar-refractivity contribution in [2.24, 2.45) is 5.16 Å². The highest BCUT2D eigenvalue weighted by molar-refractivity contribution is 8.01. The summed E-state index contributed by atoms with van der Waals surface area (Å²) in [6, 6.07) is 2.06. The normalized spacial score (nSPS) is 19.8. The number of nitrogens with two attached hydrogens (primary N) is 1. The molecule has 2 aromatic rings. The van der Waals surface area contributed by atoms with Crippen LogP contribution >= 0.6 is 34.9 Å². The highest BCUT2D eigenvalue weighted by Crippen LogP contribution is 2.41. The number of nitrogen functional groups attached to an aromatic ring is 1. The van der Waals surface area contributed by atoms with Crippen LogP contribution < -0.4 is 16.7 Å². The lowest BCUT2D eigenvalue weighted by Gasteiger charge is -2.49. The number of hydrogen-bond acceptors (Lipinski definition) is 12. The molecule has 2 aliphatic rings. The number of β-lactam (4-membered cyclic amide) rings is 1.